The van der Waals surface area contributed by atoms with E-state index in [1.165, 1.54) is 0 Å². The van der Waals surface area contributed by atoms with Crippen LogP contribution in [0.4, 0.5) is 8.78 Å². The van der Waals surface area contributed by atoms with E-state index >= 15 is 0 Å². The number of hydrogen-bond donors (Lipinski definition) is 0. The maximum absolute atomic E-state index is 12.9. The Morgan fingerprint density at radius 1 is 0.783 bits per heavy atom. The van der Waals surface area contributed by atoms with E-state index in [-0.39, 0.29) is 9.79 Å². The molecule has 4 nitrogen and oxygen atoms in total. The fourth-order valence-corrected chi connectivity index (χ4v) is 4.85. The van der Waals surface area contributed by atoms with E-state index in [0.717, 1.165) is 48.5 Å². The van der Waals surface area contributed by atoms with Crippen molar-refractivity contribution in [1.29, 1.82) is 0 Å². The monoisotopic (exact) mass is 358 g/mol. The summed E-state index contributed by atoms with van der Waals surface area (Å²) >= 11 is 0. The summed E-state index contributed by atoms with van der Waals surface area (Å²) in [5.74, 6) is -2.08. The molecule has 0 heterocycles. The Balaban J connectivity index is 2.30. The average molecular weight is 358 g/mol. The summed E-state index contributed by atoms with van der Waals surface area (Å²) in [7, 11) is -8.11. The maximum atomic E-state index is 12.9. The zero-order chi connectivity index (χ0) is 17.3. The molecule has 0 fully saturated rings. The lowest BCUT2D eigenvalue weighted by molar-refractivity contribution is 0.591. The first-order chi connectivity index (χ1) is 10.6. The number of rotatable bonds is 5. The second kappa shape index (κ2) is 6.21. The van der Waals surface area contributed by atoms with Gasteiger partial charge in [0.25, 0.3) is 0 Å². The second-order valence-corrected chi connectivity index (χ2v) is 8.75. The molecule has 0 aliphatic carbocycles. The van der Waals surface area contributed by atoms with Gasteiger partial charge in [-0.3, -0.25) is 0 Å². The van der Waals surface area contributed by atoms with Gasteiger partial charge in [0.1, 0.15) is 11.6 Å². The lowest BCUT2D eigenvalue weighted by Crippen LogP contribution is -2.15. The molecule has 0 N–H and O–H groups in total. The van der Waals surface area contributed by atoms with Crippen molar-refractivity contribution in [2.75, 3.05) is 5.75 Å². The SMILES string of the molecule is C=C(CS(=O)(=O)c1ccc(F)cc1)S(=O)(=O)c1ccc(F)cc1. The topological polar surface area (TPSA) is 68.3 Å². The van der Waals surface area contributed by atoms with Gasteiger partial charge in [0.15, 0.2) is 9.84 Å². The first kappa shape index (κ1) is 17.3. The highest BCUT2D eigenvalue weighted by Gasteiger charge is 2.25. The molecule has 0 atom stereocenters. The Kier molecular flexibility index (Phi) is 4.67. The molecule has 0 saturated heterocycles. The quantitative estimate of drug-likeness (QED) is 0.771. The summed E-state index contributed by atoms with van der Waals surface area (Å²) in [6.45, 7) is 3.32. The van der Waals surface area contributed by atoms with Crippen LogP contribution in [0.1, 0.15) is 0 Å². The molecule has 2 aromatic carbocycles. The molecule has 8 heteroatoms. The van der Waals surface area contributed by atoms with Crippen LogP contribution in [0.2, 0.25) is 0 Å². The zero-order valence-electron chi connectivity index (χ0n) is 11.7. The van der Waals surface area contributed by atoms with Gasteiger partial charge in [0, 0.05) is 0 Å². The molecule has 0 unspecified atom stereocenters. The van der Waals surface area contributed by atoms with Crippen LogP contribution in [0, 0.1) is 11.6 Å². The standard InChI is InChI=1S/C15H12F2O4S2/c1-11(23(20,21)15-8-4-13(17)5-9-15)10-22(18,19)14-6-2-12(16)3-7-14/h2-9H,1,10H2. The lowest BCUT2D eigenvalue weighted by Gasteiger charge is -2.09. The van der Waals surface area contributed by atoms with Crippen molar-refractivity contribution >= 4 is 19.7 Å². The predicted molar refractivity (Wildman–Crippen MR) is 81.2 cm³/mol. The third kappa shape index (κ3) is 3.83. The largest absolute Gasteiger partial charge is 0.223 e. The Morgan fingerprint density at radius 2 is 1.17 bits per heavy atom. The Hall–Kier alpha value is -2.06. The van der Waals surface area contributed by atoms with Gasteiger partial charge in [-0.05, 0) is 48.5 Å². The third-order valence-corrected chi connectivity index (χ3v) is 6.73. The summed E-state index contributed by atoms with van der Waals surface area (Å²) in [5.41, 5.74) is 0. The Labute approximate surface area is 132 Å². The summed E-state index contributed by atoms with van der Waals surface area (Å²) in [6, 6.07) is 7.98. The number of halogens is 2. The average Bonchev–Trinajstić information content (AvgIpc) is 2.47. The van der Waals surface area contributed by atoms with E-state index in [2.05, 4.69) is 6.58 Å². The van der Waals surface area contributed by atoms with Crippen molar-refractivity contribution in [1.82, 2.24) is 0 Å². The van der Waals surface area contributed by atoms with E-state index in [9.17, 15) is 25.6 Å². The van der Waals surface area contributed by atoms with E-state index in [1.54, 1.807) is 0 Å². The van der Waals surface area contributed by atoms with Crippen molar-refractivity contribution in [2.45, 2.75) is 9.79 Å². The highest BCUT2D eigenvalue weighted by atomic mass is 32.2. The zero-order valence-corrected chi connectivity index (χ0v) is 13.4. The highest BCUT2D eigenvalue weighted by Crippen LogP contribution is 2.22. The molecule has 122 valence electrons. The molecule has 0 radical (unpaired) electrons. The Bertz CT molecular complexity index is 930. The summed E-state index contributed by atoms with van der Waals surface area (Å²) in [6.07, 6.45) is 0. The van der Waals surface area contributed by atoms with Gasteiger partial charge in [0.05, 0.1) is 20.4 Å². The highest BCUT2D eigenvalue weighted by molar-refractivity contribution is 7.98. The van der Waals surface area contributed by atoms with Crippen LogP contribution in [0.15, 0.2) is 69.8 Å². The molecular weight excluding hydrogens is 346 g/mol. The summed E-state index contributed by atoms with van der Waals surface area (Å²) < 4.78 is 74.6. The molecule has 23 heavy (non-hydrogen) atoms. The Morgan fingerprint density at radius 3 is 1.61 bits per heavy atom. The van der Waals surface area contributed by atoms with Crippen LogP contribution in [0.25, 0.3) is 0 Å². The number of benzene rings is 2. The summed E-state index contributed by atoms with van der Waals surface area (Å²) in [5, 5.41) is 0. The van der Waals surface area contributed by atoms with Gasteiger partial charge < -0.3 is 0 Å². The maximum Gasteiger partial charge on any atom is 0.203 e. The van der Waals surface area contributed by atoms with Gasteiger partial charge in [0.2, 0.25) is 9.84 Å². The molecule has 2 aromatic rings. The number of hydrogen-bond acceptors (Lipinski definition) is 4. The molecule has 0 aliphatic rings. The molecule has 0 aromatic heterocycles. The first-order valence-corrected chi connectivity index (χ1v) is 9.43. The van der Waals surface area contributed by atoms with Crippen molar-refractivity contribution in [2.24, 2.45) is 0 Å². The minimum absolute atomic E-state index is 0.214. The van der Waals surface area contributed by atoms with E-state index < -0.39 is 42.0 Å². The minimum Gasteiger partial charge on any atom is -0.223 e. The van der Waals surface area contributed by atoms with E-state index in [1.807, 2.05) is 0 Å². The van der Waals surface area contributed by atoms with Crippen molar-refractivity contribution in [3.05, 3.63) is 71.6 Å². The predicted octanol–water partition coefficient (Wildman–Crippen LogP) is 2.73. The van der Waals surface area contributed by atoms with Gasteiger partial charge >= 0.3 is 0 Å². The van der Waals surface area contributed by atoms with E-state index in [0.29, 0.717) is 0 Å². The van der Waals surface area contributed by atoms with Crippen LogP contribution in [-0.4, -0.2) is 22.6 Å². The fourth-order valence-electron chi connectivity index (χ4n) is 1.80. The van der Waals surface area contributed by atoms with Crippen LogP contribution < -0.4 is 0 Å². The van der Waals surface area contributed by atoms with Gasteiger partial charge in [-0.25, -0.2) is 25.6 Å². The second-order valence-electron chi connectivity index (χ2n) is 4.71. The van der Waals surface area contributed by atoms with Crippen LogP contribution in [0.5, 0.6) is 0 Å². The lowest BCUT2D eigenvalue weighted by atomic mass is 10.4. The molecule has 0 saturated carbocycles. The van der Waals surface area contributed by atoms with Crippen molar-refractivity contribution < 1.29 is 25.6 Å². The smallest absolute Gasteiger partial charge is 0.203 e. The van der Waals surface area contributed by atoms with Crippen molar-refractivity contribution in [3.63, 3.8) is 0 Å². The summed E-state index contributed by atoms with van der Waals surface area (Å²) in [4.78, 5) is -1.01. The molecule has 0 spiro atoms. The molecular formula is C15H12F2O4S2. The van der Waals surface area contributed by atoms with Gasteiger partial charge in [-0.15, -0.1) is 0 Å². The normalized spacial score (nSPS) is 12.1. The molecule has 0 aliphatic heterocycles. The van der Waals surface area contributed by atoms with Crippen LogP contribution in [-0.2, 0) is 19.7 Å². The molecule has 0 amide bonds. The third-order valence-electron chi connectivity index (χ3n) is 3.03. The molecule has 0 bridgehead atoms. The van der Waals surface area contributed by atoms with Gasteiger partial charge in [-0.2, -0.15) is 0 Å². The minimum atomic E-state index is -4.12. The van der Waals surface area contributed by atoms with Gasteiger partial charge in [-0.1, -0.05) is 6.58 Å². The number of sulfone groups is 2. The first-order valence-electron chi connectivity index (χ1n) is 6.30. The van der Waals surface area contributed by atoms with E-state index in [4.69, 9.17) is 0 Å². The van der Waals surface area contributed by atoms with Crippen molar-refractivity contribution in [3.8, 4) is 0 Å². The fraction of sp³-hybridized carbons (Fsp3) is 0.0667. The van der Waals surface area contributed by atoms with Crippen LogP contribution >= 0.6 is 0 Å². The molecule has 2 rings (SSSR count). The van der Waals surface area contributed by atoms with Crippen LogP contribution in [0.3, 0.4) is 0 Å².